The van der Waals surface area contributed by atoms with E-state index in [-0.39, 0.29) is 5.91 Å². The second kappa shape index (κ2) is 7.59. The van der Waals surface area contributed by atoms with Crippen molar-refractivity contribution in [2.24, 2.45) is 0 Å². The van der Waals surface area contributed by atoms with Crippen LogP contribution < -0.4 is 20.5 Å². The molecule has 1 aromatic heterocycles. The monoisotopic (exact) mass is 402 g/mol. The zero-order chi connectivity index (χ0) is 19.7. The number of fused-ring (bicyclic) bond motifs is 2. The molecule has 0 aliphatic carbocycles. The molecule has 28 heavy (non-hydrogen) atoms. The van der Waals surface area contributed by atoms with Gasteiger partial charge in [-0.25, -0.2) is 4.79 Å². The Morgan fingerprint density at radius 1 is 1.25 bits per heavy atom. The first-order valence-corrected chi connectivity index (χ1v) is 9.38. The van der Waals surface area contributed by atoms with Crippen LogP contribution in [0.25, 0.3) is 11.1 Å². The first-order chi connectivity index (χ1) is 13.5. The summed E-state index contributed by atoms with van der Waals surface area (Å²) in [6, 6.07) is 10.00. The number of nitrogens with one attached hydrogen (secondary N) is 1. The largest absolute Gasteiger partial charge is 0.486 e. The lowest BCUT2D eigenvalue weighted by Gasteiger charge is -2.20. The number of aromatic nitrogens is 1. The number of hydrogen-bond acceptors (Lipinski definition) is 5. The molecule has 1 aliphatic rings. The molecule has 0 fully saturated rings. The van der Waals surface area contributed by atoms with Crippen molar-refractivity contribution in [1.82, 2.24) is 9.88 Å². The number of rotatable bonds is 5. The average molecular weight is 403 g/mol. The lowest BCUT2D eigenvalue weighted by molar-refractivity contribution is -0.123. The summed E-state index contributed by atoms with van der Waals surface area (Å²) in [6.07, 6.45) is 0.565. The first kappa shape index (κ1) is 18.4. The van der Waals surface area contributed by atoms with Gasteiger partial charge in [0.25, 0.3) is 0 Å². The molecule has 2 aromatic carbocycles. The van der Waals surface area contributed by atoms with E-state index in [2.05, 4.69) is 5.32 Å². The number of nitrogens with zero attached hydrogens (tertiary/aromatic N) is 1. The fourth-order valence-corrected chi connectivity index (χ4v) is 3.54. The maximum atomic E-state index is 12.5. The predicted octanol–water partition coefficient (Wildman–Crippen LogP) is 2.94. The zero-order valence-corrected chi connectivity index (χ0v) is 16.0. The van der Waals surface area contributed by atoms with Gasteiger partial charge in [-0.05, 0) is 43.2 Å². The minimum atomic E-state index is -0.694. The van der Waals surface area contributed by atoms with Crippen LogP contribution in [0.15, 0.2) is 45.6 Å². The summed E-state index contributed by atoms with van der Waals surface area (Å²) in [6.45, 7) is 3.01. The predicted molar refractivity (Wildman–Crippen MR) is 104 cm³/mol. The molecule has 1 unspecified atom stereocenters. The molecule has 1 aliphatic heterocycles. The van der Waals surface area contributed by atoms with Crippen molar-refractivity contribution in [3.05, 3.63) is 57.5 Å². The van der Waals surface area contributed by atoms with E-state index >= 15 is 0 Å². The highest BCUT2D eigenvalue weighted by molar-refractivity contribution is 6.32. The van der Waals surface area contributed by atoms with Gasteiger partial charge in [-0.15, -0.1) is 0 Å². The minimum Gasteiger partial charge on any atom is -0.486 e. The number of ether oxygens (including phenoxy) is 2. The molecule has 4 rings (SSSR count). The summed E-state index contributed by atoms with van der Waals surface area (Å²) in [5.41, 5.74) is 1.97. The summed E-state index contributed by atoms with van der Waals surface area (Å²) in [5, 5.41) is 3.34. The third-order valence-electron chi connectivity index (χ3n) is 4.66. The quantitative estimate of drug-likeness (QED) is 0.709. The van der Waals surface area contributed by atoms with Crippen LogP contribution in [-0.4, -0.2) is 30.2 Å². The summed E-state index contributed by atoms with van der Waals surface area (Å²) in [5.74, 6) is 0.352. The highest BCUT2D eigenvalue weighted by atomic mass is 35.5. The molecule has 2 heterocycles. The first-order valence-electron chi connectivity index (χ1n) is 9.00. The van der Waals surface area contributed by atoms with Gasteiger partial charge < -0.3 is 19.2 Å². The van der Waals surface area contributed by atoms with Crippen LogP contribution in [0.1, 0.15) is 18.5 Å². The summed E-state index contributed by atoms with van der Waals surface area (Å²) in [4.78, 5) is 24.7. The molecule has 7 nitrogen and oxygen atoms in total. The third kappa shape index (κ3) is 3.45. The Morgan fingerprint density at radius 3 is 2.89 bits per heavy atom. The van der Waals surface area contributed by atoms with Crippen molar-refractivity contribution in [2.75, 3.05) is 19.8 Å². The number of oxazole rings is 1. The molecule has 8 heteroatoms. The van der Waals surface area contributed by atoms with E-state index in [9.17, 15) is 9.59 Å². The molecule has 0 spiro atoms. The number of amides is 1. The van der Waals surface area contributed by atoms with E-state index < -0.39 is 11.8 Å². The van der Waals surface area contributed by atoms with Crippen molar-refractivity contribution in [3.63, 3.8) is 0 Å². The maximum absolute atomic E-state index is 12.5. The molecule has 1 amide bonds. The number of halogens is 1. The molecule has 0 bridgehead atoms. The molecular formula is C20H19ClN2O5. The van der Waals surface area contributed by atoms with Gasteiger partial charge in [-0.3, -0.25) is 9.36 Å². The highest BCUT2D eigenvalue weighted by Crippen LogP contribution is 2.38. The van der Waals surface area contributed by atoms with Gasteiger partial charge in [0.1, 0.15) is 19.3 Å². The van der Waals surface area contributed by atoms with Crippen LogP contribution in [0, 0.1) is 0 Å². The minimum absolute atomic E-state index is 0.266. The summed E-state index contributed by atoms with van der Waals surface area (Å²) >= 11 is 6.24. The van der Waals surface area contributed by atoms with Crippen molar-refractivity contribution < 1.29 is 18.7 Å². The summed E-state index contributed by atoms with van der Waals surface area (Å²) < 4.78 is 17.6. The van der Waals surface area contributed by atoms with Crippen LogP contribution in [-0.2, 0) is 11.2 Å². The SMILES string of the molecule is CC(C(=O)NCCc1cc(Cl)c2c(c1)OCCO2)n1c(=O)oc2ccccc21. The van der Waals surface area contributed by atoms with E-state index in [4.69, 9.17) is 25.5 Å². The molecule has 0 saturated heterocycles. The number of para-hydroxylation sites is 2. The Morgan fingerprint density at radius 2 is 2.04 bits per heavy atom. The fourth-order valence-electron chi connectivity index (χ4n) is 3.25. The van der Waals surface area contributed by atoms with E-state index in [1.54, 1.807) is 37.3 Å². The second-order valence-corrected chi connectivity index (χ2v) is 6.93. The maximum Gasteiger partial charge on any atom is 0.420 e. The Kier molecular flexibility index (Phi) is 5.00. The van der Waals surface area contributed by atoms with Gasteiger partial charge in [0.05, 0.1) is 10.5 Å². The smallest absolute Gasteiger partial charge is 0.420 e. The lowest BCUT2D eigenvalue weighted by Crippen LogP contribution is -2.35. The average Bonchev–Trinajstić information content (AvgIpc) is 3.03. The lowest BCUT2D eigenvalue weighted by atomic mass is 10.1. The Hall–Kier alpha value is -2.93. The third-order valence-corrected chi connectivity index (χ3v) is 4.94. The fraction of sp³-hybridized carbons (Fsp3) is 0.300. The molecule has 1 N–H and O–H groups in total. The zero-order valence-electron chi connectivity index (χ0n) is 15.2. The van der Waals surface area contributed by atoms with Crippen LogP contribution in [0.5, 0.6) is 11.5 Å². The standard InChI is InChI=1S/C20H19ClN2O5/c1-12(23-15-4-2-3-5-16(15)28-20(23)25)19(24)22-7-6-13-10-14(21)18-17(11-13)26-8-9-27-18/h2-5,10-12H,6-9H2,1H3,(H,22,24). The molecule has 0 radical (unpaired) electrons. The van der Waals surface area contributed by atoms with Crippen LogP contribution in [0.2, 0.25) is 5.02 Å². The van der Waals surface area contributed by atoms with Gasteiger partial charge in [0.2, 0.25) is 5.91 Å². The van der Waals surface area contributed by atoms with Gasteiger partial charge in [0.15, 0.2) is 17.1 Å². The van der Waals surface area contributed by atoms with E-state index in [1.807, 2.05) is 6.07 Å². The molecule has 146 valence electrons. The summed E-state index contributed by atoms with van der Waals surface area (Å²) in [7, 11) is 0. The highest BCUT2D eigenvalue weighted by Gasteiger charge is 2.21. The normalized spacial score (nSPS) is 14.1. The second-order valence-electron chi connectivity index (χ2n) is 6.52. The van der Waals surface area contributed by atoms with Crippen molar-refractivity contribution in [1.29, 1.82) is 0 Å². The molecule has 3 aromatic rings. The van der Waals surface area contributed by atoms with E-state index in [0.29, 0.717) is 53.8 Å². The van der Waals surface area contributed by atoms with Gasteiger partial charge in [0, 0.05) is 6.54 Å². The van der Waals surface area contributed by atoms with Crippen molar-refractivity contribution in [2.45, 2.75) is 19.4 Å². The Labute approximate surface area is 165 Å². The van der Waals surface area contributed by atoms with Crippen molar-refractivity contribution in [3.8, 4) is 11.5 Å². The van der Waals surface area contributed by atoms with Gasteiger partial charge in [-0.1, -0.05) is 23.7 Å². The van der Waals surface area contributed by atoms with Crippen molar-refractivity contribution >= 4 is 28.6 Å². The Balaban J connectivity index is 1.42. The van der Waals surface area contributed by atoms with Gasteiger partial charge in [-0.2, -0.15) is 0 Å². The molecule has 1 atom stereocenters. The van der Waals surface area contributed by atoms with Gasteiger partial charge >= 0.3 is 5.76 Å². The number of benzene rings is 2. The number of carbonyl (C=O) groups excluding carboxylic acids is 1. The Bertz CT molecular complexity index is 1090. The van der Waals surface area contributed by atoms with Crippen LogP contribution in [0.4, 0.5) is 0 Å². The number of carbonyl (C=O) groups is 1. The van der Waals surface area contributed by atoms with E-state index in [0.717, 1.165) is 5.56 Å². The molecular weight excluding hydrogens is 384 g/mol. The van der Waals surface area contributed by atoms with E-state index in [1.165, 1.54) is 4.57 Å². The van der Waals surface area contributed by atoms with Crippen LogP contribution >= 0.6 is 11.6 Å². The number of hydrogen-bond donors (Lipinski definition) is 1. The molecule has 0 saturated carbocycles. The van der Waals surface area contributed by atoms with Crippen LogP contribution in [0.3, 0.4) is 0 Å². The topological polar surface area (TPSA) is 82.7 Å².